The number of benzene rings is 1. The van der Waals surface area contributed by atoms with Crippen LogP contribution in [0.4, 0.5) is 4.39 Å². The van der Waals surface area contributed by atoms with Crippen molar-refractivity contribution in [3.05, 3.63) is 34.6 Å². The summed E-state index contributed by atoms with van der Waals surface area (Å²) in [6.07, 6.45) is 0.969. The molecule has 1 heterocycles. The highest BCUT2D eigenvalue weighted by Gasteiger charge is 2.13. The smallest absolute Gasteiger partial charge is 0.147 e. The highest BCUT2D eigenvalue weighted by Crippen LogP contribution is 2.32. The fourth-order valence-corrected chi connectivity index (χ4v) is 2.70. The largest absolute Gasteiger partial charge is 0.207 e. The Morgan fingerprint density at radius 1 is 1.41 bits per heavy atom. The maximum atomic E-state index is 13.2. The van der Waals surface area contributed by atoms with Gasteiger partial charge < -0.3 is 0 Å². The van der Waals surface area contributed by atoms with Crippen molar-refractivity contribution in [2.24, 2.45) is 0 Å². The number of aryl methyl sites for hydroxylation is 1. The number of hydrogen-bond acceptors (Lipinski definition) is 3. The van der Waals surface area contributed by atoms with Gasteiger partial charge >= 0.3 is 0 Å². The molecule has 0 radical (unpaired) electrons. The second-order valence-corrected chi connectivity index (χ2v) is 5.90. The third kappa shape index (κ3) is 2.72. The van der Waals surface area contributed by atoms with Crippen LogP contribution in [0.5, 0.6) is 0 Å². The highest BCUT2D eigenvalue weighted by atomic mass is 79.9. The first kappa shape index (κ1) is 12.6. The minimum atomic E-state index is -0.189. The molecular weight excluding hydrogens is 303 g/mol. The first-order valence-electron chi connectivity index (χ1n) is 5.35. The molecule has 2 nitrogen and oxygen atoms in total. The number of hydrogen-bond donors (Lipinski definition) is 0. The number of rotatable bonds is 3. The van der Waals surface area contributed by atoms with E-state index in [0.717, 1.165) is 22.0 Å². The average molecular weight is 315 g/mol. The molecule has 0 amide bonds. The van der Waals surface area contributed by atoms with Crippen molar-refractivity contribution in [1.82, 2.24) is 10.2 Å². The first-order chi connectivity index (χ1) is 8.11. The molecule has 0 bridgehead atoms. The summed E-state index contributed by atoms with van der Waals surface area (Å²) in [7, 11) is 0. The van der Waals surface area contributed by atoms with Gasteiger partial charge in [0.15, 0.2) is 0 Å². The lowest BCUT2D eigenvalue weighted by molar-refractivity contribution is 0.619. The predicted octanol–water partition coefficient (Wildman–Crippen LogP) is 4.50. The van der Waals surface area contributed by atoms with Crippen molar-refractivity contribution in [2.45, 2.75) is 25.1 Å². The quantitative estimate of drug-likeness (QED) is 0.780. The summed E-state index contributed by atoms with van der Waals surface area (Å²) >= 11 is 5.09. The topological polar surface area (TPSA) is 25.8 Å². The van der Waals surface area contributed by atoms with Crippen molar-refractivity contribution in [3.8, 4) is 10.6 Å². The van der Waals surface area contributed by atoms with Crippen molar-refractivity contribution >= 4 is 27.3 Å². The van der Waals surface area contributed by atoms with E-state index in [1.807, 2.05) is 0 Å². The van der Waals surface area contributed by atoms with Crippen molar-refractivity contribution < 1.29 is 4.39 Å². The molecule has 1 unspecified atom stereocenters. The number of halogens is 2. The molecule has 90 valence electrons. The monoisotopic (exact) mass is 314 g/mol. The van der Waals surface area contributed by atoms with Gasteiger partial charge in [-0.15, -0.1) is 10.2 Å². The molecule has 1 aromatic carbocycles. The Kier molecular flexibility index (Phi) is 3.89. The van der Waals surface area contributed by atoms with E-state index in [4.69, 9.17) is 0 Å². The lowest BCUT2D eigenvalue weighted by Crippen LogP contribution is -1.85. The van der Waals surface area contributed by atoms with Gasteiger partial charge in [-0.25, -0.2) is 4.39 Å². The van der Waals surface area contributed by atoms with Gasteiger partial charge in [0.2, 0.25) is 0 Å². The molecule has 0 saturated heterocycles. The van der Waals surface area contributed by atoms with E-state index in [1.165, 1.54) is 6.07 Å². The zero-order chi connectivity index (χ0) is 12.4. The standard InChI is InChI=1S/C12H12BrFN2S/c1-3-9(13)12-16-15-11(17-12)8-4-5-10(14)7(2)6-8/h4-6,9H,3H2,1-2H3. The molecule has 5 heteroatoms. The van der Waals surface area contributed by atoms with Crippen LogP contribution in [-0.4, -0.2) is 10.2 Å². The number of aromatic nitrogens is 2. The molecule has 0 spiro atoms. The Balaban J connectivity index is 2.33. The molecule has 0 aliphatic rings. The molecule has 2 aromatic rings. The summed E-state index contributed by atoms with van der Waals surface area (Å²) in [5.41, 5.74) is 1.55. The first-order valence-corrected chi connectivity index (χ1v) is 7.09. The van der Waals surface area contributed by atoms with Gasteiger partial charge in [0.1, 0.15) is 15.8 Å². The molecule has 17 heavy (non-hydrogen) atoms. The summed E-state index contributed by atoms with van der Waals surface area (Å²) < 4.78 is 13.2. The van der Waals surface area contributed by atoms with E-state index in [2.05, 4.69) is 33.1 Å². The summed E-state index contributed by atoms with van der Waals surface area (Å²) in [6, 6.07) is 5.01. The second kappa shape index (κ2) is 5.23. The van der Waals surface area contributed by atoms with Crippen molar-refractivity contribution in [1.29, 1.82) is 0 Å². The van der Waals surface area contributed by atoms with Crippen LogP contribution in [0.1, 0.15) is 28.7 Å². The Morgan fingerprint density at radius 3 is 2.82 bits per heavy atom. The van der Waals surface area contributed by atoms with Gasteiger partial charge in [0.05, 0.1) is 4.83 Å². The fourth-order valence-electron chi connectivity index (χ4n) is 1.43. The van der Waals surface area contributed by atoms with E-state index < -0.39 is 0 Å². The van der Waals surface area contributed by atoms with Crippen molar-refractivity contribution in [3.63, 3.8) is 0 Å². The van der Waals surface area contributed by atoms with E-state index in [-0.39, 0.29) is 10.6 Å². The van der Waals surface area contributed by atoms with E-state index in [9.17, 15) is 4.39 Å². The average Bonchev–Trinajstić information content (AvgIpc) is 2.81. The zero-order valence-electron chi connectivity index (χ0n) is 9.58. The van der Waals surface area contributed by atoms with Crippen LogP contribution in [0.3, 0.4) is 0 Å². The van der Waals surface area contributed by atoms with E-state index >= 15 is 0 Å². The summed E-state index contributed by atoms with van der Waals surface area (Å²) in [6.45, 7) is 3.84. The van der Waals surface area contributed by atoms with Crippen LogP contribution in [0.25, 0.3) is 10.6 Å². The normalized spacial score (nSPS) is 12.7. The maximum Gasteiger partial charge on any atom is 0.147 e. The van der Waals surface area contributed by atoms with Gasteiger partial charge in [0, 0.05) is 5.56 Å². The third-order valence-electron chi connectivity index (χ3n) is 2.47. The molecule has 0 saturated carbocycles. The van der Waals surface area contributed by atoms with Gasteiger partial charge in [-0.3, -0.25) is 0 Å². The molecule has 0 N–H and O–H groups in total. The van der Waals surface area contributed by atoms with Crippen LogP contribution in [-0.2, 0) is 0 Å². The zero-order valence-corrected chi connectivity index (χ0v) is 12.0. The van der Waals surface area contributed by atoms with E-state index in [0.29, 0.717) is 5.56 Å². The maximum absolute atomic E-state index is 13.2. The Morgan fingerprint density at radius 2 is 2.18 bits per heavy atom. The Labute approximate surface area is 112 Å². The van der Waals surface area contributed by atoms with E-state index in [1.54, 1.807) is 30.4 Å². The predicted molar refractivity (Wildman–Crippen MR) is 72.0 cm³/mol. The number of alkyl halides is 1. The molecule has 1 atom stereocenters. The summed E-state index contributed by atoms with van der Waals surface area (Å²) in [4.78, 5) is 0.246. The van der Waals surface area contributed by atoms with Gasteiger partial charge in [-0.2, -0.15) is 0 Å². The van der Waals surface area contributed by atoms with Crippen LogP contribution in [0, 0.1) is 12.7 Å². The Hall–Kier alpha value is -0.810. The van der Waals surface area contributed by atoms with Gasteiger partial charge in [-0.1, -0.05) is 34.2 Å². The molecule has 2 rings (SSSR count). The van der Waals surface area contributed by atoms with Gasteiger partial charge in [-0.05, 0) is 37.1 Å². The molecule has 0 aliphatic heterocycles. The van der Waals surface area contributed by atoms with Crippen LogP contribution in [0.2, 0.25) is 0 Å². The highest BCUT2D eigenvalue weighted by molar-refractivity contribution is 9.09. The summed E-state index contributed by atoms with van der Waals surface area (Å²) in [5.74, 6) is -0.189. The van der Waals surface area contributed by atoms with Crippen molar-refractivity contribution in [2.75, 3.05) is 0 Å². The summed E-state index contributed by atoms with van der Waals surface area (Å²) in [5, 5.41) is 10.1. The Bertz CT molecular complexity index is 527. The minimum Gasteiger partial charge on any atom is -0.207 e. The minimum absolute atomic E-state index is 0.189. The third-order valence-corrected chi connectivity index (χ3v) is 4.94. The van der Waals surface area contributed by atoms with Gasteiger partial charge in [0.25, 0.3) is 0 Å². The fraction of sp³-hybridized carbons (Fsp3) is 0.333. The lowest BCUT2D eigenvalue weighted by Gasteiger charge is -2.00. The van der Waals surface area contributed by atoms with Crippen LogP contribution in [0.15, 0.2) is 18.2 Å². The molecule has 1 aromatic heterocycles. The molecule has 0 aliphatic carbocycles. The number of nitrogens with zero attached hydrogens (tertiary/aromatic N) is 2. The SMILES string of the molecule is CCC(Br)c1nnc(-c2ccc(F)c(C)c2)s1. The molecule has 0 fully saturated rings. The van der Waals surface area contributed by atoms with Crippen LogP contribution >= 0.6 is 27.3 Å². The second-order valence-electron chi connectivity index (χ2n) is 3.79. The van der Waals surface area contributed by atoms with Crippen LogP contribution < -0.4 is 0 Å². The molecular formula is C12H12BrFN2S. The lowest BCUT2D eigenvalue weighted by atomic mass is 10.1.